The lowest BCUT2D eigenvalue weighted by molar-refractivity contribution is 0.491. The van der Waals surface area contributed by atoms with Gasteiger partial charge in [-0.1, -0.05) is 25.1 Å². The Hall–Kier alpha value is -2.87. The van der Waals surface area contributed by atoms with Gasteiger partial charge in [-0.15, -0.1) is 9.89 Å². The maximum absolute atomic E-state index is 6.41. The van der Waals surface area contributed by atoms with Gasteiger partial charge in [-0.25, -0.2) is 15.0 Å². The summed E-state index contributed by atoms with van der Waals surface area (Å²) in [7, 11) is 0. The number of nitrogens with zero attached hydrogens (tertiary/aromatic N) is 8. The van der Waals surface area contributed by atoms with Crippen molar-refractivity contribution in [1.29, 1.82) is 0 Å². The molecule has 0 saturated heterocycles. The summed E-state index contributed by atoms with van der Waals surface area (Å²) in [5.41, 5.74) is 3.49. The second-order valence-electron chi connectivity index (χ2n) is 7.69. The molecule has 1 fully saturated rings. The van der Waals surface area contributed by atoms with Crippen molar-refractivity contribution in [2.45, 2.75) is 32.4 Å². The molecule has 0 bridgehead atoms. The summed E-state index contributed by atoms with van der Waals surface area (Å²) in [5, 5.41) is 12.9. The fourth-order valence-electron chi connectivity index (χ4n) is 3.92. The Labute approximate surface area is 160 Å². The number of hydrogen-bond acceptors (Lipinski definition) is 6. The number of imidazole rings is 1. The van der Waals surface area contributed by atoms with Gasteiger partial charge in [0.05, 0.1) is 23.8 Å². The highest BCUT2D eigenvalue weighted by Gasteiger charge is 2.42. The molecule has 136 valence electrons. The number of aromatic nitrogens is 5. The van der Waals surface area contributed by atoms with Crippen LogP contribution in [0.1, 0.15) is 37.2 Å². The highest BCUT2D eigenvalue weighted by Crippen LogP contribution is 2.48. The lowest BCUT2D eigenvalue weighted by Crippen LogP contribution is -2.50. The summed E-state index contributed by atoms with van der Waals surface area (Å²) < 4.78 is 1.94. The molecule has 2 aromatic heterocycles. The highest BCUT2D eigenvalue weighted by molar-refractivity contribution is 6.29. The molecule has 0 spiro atoms. The molecular weight excluding hydrogens is 364 g/mol. The van der Waals surface area contributed by atoms with Crippen LogP contribution >= 0.6 is 11.6 Å². The van der Waals surface area contributed by atoms with Crippen LogP contribution in [0, 0.1) is 5.41 Å². The van der Waals surface area contributed by atoms with Crippen molar-refractivity contribution in [3.05, 3.63) is 53.2 Å². The first-order chi connectivity index (χ1) is 13.1. The van der Waals surface area contributed by atoms with Gasteiger partial charge >= 0.3 is 0 Å². The number of anilines is 1. The van der Waals surface area contributed by atoms with Gasteiger partial charge < -0.3 is 0 Å². The third-order valence-corrected chi connectivity index (χ3v) is 5.93. The van der Waals surface area contributed by atoms with Crippen LogP contribution in [0.25, 0.3) is 5.69 Å². The summed E-state index contributed by atoms with van der Waals surface area (Å²) in [6.45, 7) is 2.30. The molecule has 1 aliphatic carbocycles. The van der Waals surface area contributed by atoms with E-state index in [9.17, 15) is 0 Å². The number of halogens is 1. The quantitative estimate of drug-likeness (QED) is 0.699. The molecule has 3 aliphatic rings. The molecule has 0 radical (unpaired) electrons. The molecule has 0 amide bonds. The zero-order valence-electron chi connectivity index (χ0n) is 14.7. The van der Waals surface area contributed by atoms with Gasteiger partial charge in [-0.3, -0.25) is 4.57 Å². The largest absolute Gasteiger partial charge is 0.268 e. The Bertz CT molecular complexity index is 1080. The SMILES string of the molecule is CC1(Cc2cnnn2N2C=NC3c4ccccc4-n4c(cnc4Cl)N32)CC1. The van der Waals surface area contributed by atoms with Gasteiger partial charge in [0.15, 0.2) is 12.0 Å². The van der Waals surface area contributed by atoms with Gasteiger partial charge in [0.2, 0.25) is 5.28 Å². The van der Waals surface area contributed by atoms with E-state index in [1.807, 2.05) is 38.9 Å². The molecule has 1 aromatic carbocycles. The molecular formula is C18H17ClN8. The topological polar surface area (TPSA) is 67.4 Å². The molecule has 1 atom stereocenters. The van der Waals surface area contributed by atoms with E-state index in [2.05, 4.69) is 33.3 Å². The van der Waals surface area contributed by atoms with E-state index in [0.29, 0.717) is 10.7 Å². The van der Waals surface area contributed by atoms with Crippen LogP contribution in [0.3, 0.4) is 0 Å². The Morgan fingerprint density at radius 2 is 2.07 bits per heavy atom. The first-order valence-corrected chi connectivity index (χ1v) is 9.37. The van der Waals surface area contributed by atoms with Crippen LogP contribution < -0.4 is 10.1 Å². The van der Waals surface area contributed by atoms with E-state index in [1.165, 1.54) is 12.8 Å². The van der Waals surface area contributed by atoms with Crippen molar-refractivity contribution in [3.8, 4) is 5.69 Å². The van der Waals surface area contributed by atoms with Crippen LogP contribution in [0.5, 0.6) is 0 Å². The zero-order chi connectivity index (χ0) is 18.2. The summed E-state index contributed by atoms with van der Waals surface area (Å²) in [6, 6.07) is 8.12. The molecule has 1 unspecified atom stereocenters. The predicted octanol–water partition coefficient (Wildman–Crippen LogP) is 2.87. The normalized spacial score (nSPS) is 21.2. The van der Waals surface area contributed by atoms with Crippen LogP contribution in [0.15, 0.2) is 41.7 Å². The minimum Gasteiger partial charge on any atom is -0.268 e. The number of hydrazine groups is 1. The second kappa shape index (κ2) is 5.10. The van der Waals surface area contributed by atoms with Crippen molar-refractivity contribution in [2.24, 2.45) is 10.4 Å². The summed E-state index contributed by atoms with van der Waals surface area (Å²) in [5.74, 6) is 0.847. The van der Waals surface area contributed by atoms with E-state index in [-0.39, 0.29) is 6.17 Å². The minimum atomic E-state index is -0.185. The van der Waals surface area contributed by atoms with Gasteiger partial charge in [0.1, 0.15) is 6.34 Å². The number of fused-ring (bicyclic) bond motifs is 6. The Morgan fingerprint density at radius 1 is 1.22 bits per heavy atom. The number of benzene rings is 1. The number of aliphatic imine (C=N–C) groups is 1. The number of para-hydroxylation sites is 1. The fraction of sp³-hybridized carbons (Fsp3) is 0.333. The third-order valence-electron chi connectivity index (χ3n) is 5.66. The molecule has 1 saturated carbocycles. The molecule has 2 aliphatic heterocycles. The second-order valence-corrected chi connectivity index (χ2v) is 8.02. The van der Waals surface area contributed by atoms with E-state index < -0.39 is 0 Å². The standard InChI is InChI=1S/C18H17ClN8/c1-18(6-7-18)8-12-9-22-23-27(12)24-11-21-16-13-4-2-3-5-14(13)25-15(26(16)24)10-20-17(25)19/h2-5,9-11,16H,6-8H2,1H3. The fourth-order valence-corrected chi connectivity index (χ4v) is 4.14. The van der Waals surface area contributed by atoms with Crippen molar-refractivity contribution in [2.75, 3.05) is 10.1 Å². The van der Waals surface area contributed by atoms with E-state index in [0.717, 1.165) is 29.2 Å². The molecule has 6 rings (SSSR count). The van der Waals surface area contributed by atoms with E-state index >= 15 is 0 Å². The van der Waals surface area contributed by atoms with Crippen molar-refractivity contribution < 1.29 is 0 Å². The molecule has 0 N–H and O–H groups in total. The smallest absolute Gasteiger partial charge is 0.209 e. The summed E-state index contributed by atoms with van der Waals surface area (Å²) >= 11 is 6.41. The van der Waals surface area contributed by atoms with Gasteiger partial charge in [0.25, 0.3) is 0 Å². The van der Waals surface area contributed by atoms with Crippen molar-refractivity contribution in [3.63, 3.8) is 0 Å². The monoisotopic (exact) mass is 380 g/mol. The number of hydrogen-bond donors (Lipinski definition) is 0. The molecule has 8 nitrogen and oxygen atoms in total. The average Bonchev–Trinajstić information content (AvgIpc) is 3.06. The van der Waals surface area contributed by atoms with E-state index in [4.69, 9.17) is 16.6 Å². The van der Waals surface area contributed by atoms with Crippen molar-refractivity contribution in [1.82, 2.24) is 24.7 Å². The van der Waals surface area contributed by atoms with Crippen LogP contribution in [0.4, 0.5) is 5.82 Å². The maximum atomic E-state index is 6.41. The van der Waals surface area contributed by atoms with Gasteiger partial charge in [0, 0.05) is 5.56 Å². The molecule has 9 heteroatoms. The predicted molar refractivity (Wildman–Crippen MR) is 102 cm³/mol. The van der Waals surface area contributed by atoms with Gasteiger partial charge in [-0.2, -0.15) is 5.12 Å². The zero-order valence-corrected chi connectivity index (χ0v) is 15.5. The maximum Gasteiger partial charge on any atom is 0.209 e. The van der Waals surface area contributed by atoms with Crippen molar-refractivity contribution >= 4 is 23.8 Å². The lowest BCUT2D eigenvalue weighted by atomic mass is 10.0. The first kappa shape index (κ1) is 15.2. The first-order valence-electron chi connectivity index (χ1n) is 8.99. The number of rotatable bonds is 3. The Kier molecular flexibility index (Phi) is 2.87. The minimum absolute atomic E-state index is 0.185. The molecule has 3 aromatic rings. The van der Waals surface area contributed by atoms with Gasteiger partial charge in [-0.05, 0) is 47.6 Å². The molecule has 27 heavy (non-hydrogen) atoms. The molecule has 4 heterocycles. The van der Waals surface area contributed by atoms with Crippen LogP contribution in [-0.2, 0) is 6.42 Å². The van der Waals surface area contributed by atoms with Crippen LogP contribution in [0.2, 0.25) is 5.28 Å². The average molecular weight is 381 g/mol. The third kappa shape index (κ3) is 2.10. The summed E-state index contributed by atoms with van der Waals surface area (Å²) in [6.07, 6.45) is 8.65. The Balaban J connectivity index is 1.47. The van der Waals surface area contributed by atoms with Crippen LogP contribution in [-0.4, -0.2) is 31.0 Å². The summed E-state index contributed by atoms with van der Waals surface area (Å²) in [4.78, 5) is 10.9. The highest BCUT2D eigenvalue weighted by atomic mass is 35.5. The Morgan fingerprint density at radius 3 is 2.93 bits per heavy atom. The van der Waals surface area contributed by atoms with E-state index in [1.54, 1.807) is 12.5 Å². The lowest BCUT2D eigenvalue weighted by Gasteiger charge is -2.37.